The molecule has 6 nitrogen and oxygen atoms in total. The van der Waals surface area contributed by atoms with E-state index >= 15 is 0 Å². The number of hydrogen-bond donors (Lipinski definition) is 1. The van der Waals surface area contributed by atoms with Gasteiger partial charge in [0.1, 0.15) is 0 Å². The van der Waals surface area contributed by atoms with Crippen molar-refractivity contribution in [3.63, 3.8) is 0 Å². The van der Waals surface area contributed by atoms with Crippen molar-refractivity contribution >= 4 is 33.3 Å². The topological polar surface area (TPSA) is 75.7 Å². The zero-order valence-electron chi connectivity index (χ0n) is 12.8. The highest BCUT2D eigenvalue weighted by molar-refractivity contribution is 7.88. The van der Waals surface area contributed by atoms with E-state index in [1.54, 1.807) is 22.3 Å². The Morgan fingerprint density at radius 1 is 1.52 bits per heavy atom. The number of carbonyl (C=O) groups is 1. The van der Waals surface area contributed by atoms with Gasteiger partial charge < -0.3 is 9.64 Å². The molecule has 0 radical (unpaired) electrons. The van der Waals surface area contributed by atoms with Crippen molar-refractivity contribution in [2.45, 2.75) is 6.10 Å². The Bertz CT molecular complexity index is 684. The Labute approximate surface area is 140 Å². The van der Waals surface area contributed by atoms with Crippen LogP contribution in [-0.2, 0) is 19.6 Å². The summed E-state index contributed by atoms with van der Waals surface area (Å²) < 4.78 is 30.7. The number of fused-ring (bicyclic) bond motifs is 1. The number of ether oxygens (including phenoxy) is 1. The summed E-state index contributed by atoms with van der Waals surface area (Å²) in [5.74, 6) is 0.295. The molecule has 2 saturated heterocycles. The Balaban J connectivity index is 1.56. The van der Waals surface area contributed by atoms with Gasteiger partial charge in [-0.15, -0.1) is 11.3 Å². The van der Waals surface area contributed by atoms with Crippen molar-refractivity contribution in [2.75, 3.05) is 32.5 Å². The van der Waals surface area contributed by atoms with Crippen LogP contribution in [0.25, 0.3) is 6.08 Å². The van der Waals surface area contributed by atoms with Gasteiger partial charge in [-0.25, -0.2) is 13.1 Å². The molecule has 2 aliphatic rings. The lowest BCUT2D eigenvalue weighted by molar-refractivity contribution is -0.125. The van der Waals surface area contributed by atoms with Gasteiger partial charge in [0.15, 0.2) is 0 Å². The van der Waals surface area contributed by atoms with Crippen LogP contribution in [0.15, 0.2) is 23.6 Å². The normalized spacial score (nSPS) is 27.7. The van der Waals surface area contributed by atoms with Gasteiger partial charge in [0, 0.05) is 42.4 Å². The number of sulfonamides is 1. The molecule has 126 valence electrons. The van der Waals surface area contributed by atoms with Crippen molar-refractivity contribution in [2.24, 2.45) is 11.8 Å². The van der Waals surface area contributed by atoms with E-state index in [2.05, 4.69) is 4.72 Å². The molecule has 0 bridgehead atoms. The van der Waals surface area contributed by atoms with Crippen LogP contribution in [0.5, 0.6) is 0 Å². The van der Waals surface area contributed by atoms with Gasteiger partial charge in [0.2, 0.25) is 15.9 Å². The predicted octanol–water partition coefficient (Wildman–Crippen LogP) is 0.784. The third kappa shape index (κ3) is 4.20. The first-order chi connectivity index (χ1) is 10.9. The van der Waals surface area contributed by atoms with Crippen LogP contribution in [0.1, 0.15) is 4.88 Å². The third-order valence-corrected chi connectivity index (χ3v) is 5.82. The Morgan fingerprint density at radius 2 is 2.35 bits per heavy atom. The zero-order chi connectivity index (χ0) is 16.4. The smallest absolute Gasteiger partial charge is 0.246 e. The summed E-state index contributed by atoms with van der Waals surface area (Å²) in [6.45, 7) is 2.11. The van der Waals surface area contributed by atoms with Crippen LogP contribution in [0.3, 0.4) is 0 Å². The lowest BCUT2D eigenvalue weighted by atomic mass is 9.93. The van der Waals surface area contributed by atoms with Gasteiger partial charge in [0.05, 0.1) is 19.0 Å². The summed E-state index contributed by atoms with van der Waals surface area (Å²) in [5.41, 5.74) is 0. The van der Waals surface area contributed by atoms with Crippen molar-refractivity contribution in [1.29, 1.82) is 0 Å². The highest BCUT2D eigenvalue weighted by Gasteiger charge is 2.44. The van der Waals surface area contributed by atoms with Gasteiger partial charge in [-0.2, -0.15) is 0 Å². The molecular formula is C15H20N2O4S2. The molecule has 1 aromatic heterocycles. The van der Waals surface area contributed by atoms with Crippen molar-refractivity contribution in [1.82, 2.24) is 9.62 Å². The average molecular weight is 356 g/mol. The fourth-order valence-corrected chi connectivity index (χ4v) is 4.23. The molecule has 23 heavy (non-hydrogen) atoms. The van der Waals surface area contributed by atoms with Gasteiger partial charge in [-0.1, -0.05) is 6.07 Å². The second-order valence-corrected chi connectivity index (χ2v) is 8.82. The first-order valence-corrected chi connectivity index (χ1v) is 10.3. The van der Waals surface area contributed by atoms with Crippen LogP contribution >= 0.6 is 11.3 Å². The minimum atomic E-state index is -3.20. The fraction of sp³-hybridized carbons (Fsp3) is 0.533. The summed E-state index contributed by atoms with van der Waals surface area (Å²) >= 11 is 1.59. The highest BCUT2D eigenvalue weighted by atomic mass is 32.2. The van der Waals surface area contributed by atoms with E-state index in [0.29, 0.717) is 26.2 Å². The molecule has 0 aromatic carbocycles. The van der Waals surface area contributed by atoms with E-state index < -0.39 is 10.0 Å². The average Bonchev–Trinajstić information content (AvgIpc) is 3.18. The van der Waals surface area contributed by atoms with Crippen LogP contribution in [0, 0.1) is 11.8 Å². The summed E-state index contributed by atoms with van der Waals surface area (Å²) in [7, 11) is -3.20. The molecule has 0 spiro atoms. The largest absolute Gasteiger partial charge is 0.376 e. The molecule has 2 aliphatic heterocycles. The van der Waals surface area contributed by atoms with Crippen molar-refractivity contribution < 1.29 is 17.9 Å². The monoisotopic (exact) mass is 356 g/mol. The number of carbonyl (C=O) groups excluding carboxylic acids is 1. The van der Waals surface area contributed by atoms with Crippen LogP contribution < -0.4 is 4.72 Å². The van der Waals surface area contributed by atoms with E-state index in [1.165, 1.54) is 0 Å². The standard InChI is InChI=1S/C15H20N2O4S2/c1-23(19,20)16-7-11-10-21-14-9-17(8-13(11)14)15(18)5-4-12-3-2-6-22-12/h2-6,11,13-14,16H,7-10H2,1H3/b5-4+/t11-,13-,14-/m1/s1. The minimum absolute atomic E-state index is 0.0143. The maximum Gasteiger partial charge on any atom is 0.246 e. The SMILES string of the molecule is CS(=O)(=O)NC[C@@H]1CO[C@@H]2CN(C(=O)/C=C/c3cccs3)C[C@H]12. The molecule has 3 rings (SSSR count). The maximum absolute atomic E-state index is 12.3. The second kappa shape index (κ2) is 6.72. The van der Waals surface area contributed by atoms with Gasteiger partial charge >= 0.3 is 0 Å². The Morgan fingerprint density at radius 3 is 3.04 bits per heavy atom. The quantitative estimate of drug-likeness (QED) is 0.791. The minimum Gasteiger partial charge on any atom is -0.376 e. The lowest BCUT2D eigenvalue weighted by Gasteiger charge is -2.18. The molecule has 0 unspecified atom stereocenters. The van der Waals surface area contributed by atoms with E-state index in [1.807, 2.05) is 23.6 Å². The Kier molecular flexibility index (Phi) is 4.86. The number of rotatable bonds is 5. The number of likely N-dealkylation sites (tertiary alicyclic amines) is 1. The number of amides is 1. The van der Waals surface area contributed by atoms with Gasteiger partial charge in [0.25, 0.3) is 0 Å². The van der Waals surface area contributed by atoms with Crippen LogP contribution in [0.4, 0.5) is 0 Å². The van der Waals surface area contributed by atoms with Gasteiger partial charge in [-0.05, 0) is 17.5 Å². The number of thiophene rings is 1. The summed E-state index contributed by atoms with van der Waals surface area (Å²) in [5, 5.41) is 1.97. The van der Waals surface area contributed by atoms with E-state index in [0.717, 1.165) is 11.1 Å². The molecule has 0 saturated carbocycles. The molecule has 3 atom stereocenters. The van der Waals surface area contributed by atoms with Crippen molar-refractivity contribution in [3.05, 3.63) is 28.5 Å². The van der Waals surface area contributed by atoms with Crippen LogP contribution in [-0.4, -0.2) is 57.8 Å². The second-order valence-electron chi connectivity index (χ2n) is 6.01. The number of nitrogens with one attached hydrogen (secondary N) is 1. The molecule has 3 heterocycles. The lowest BCUT2D eigenvalue weighted by Crippen LogP contribution is -2.34. The van der Waals surface area contributed by atoms with Crippen LogP contribution in [0.2, 0.25) is 0 Å². The molecule has 2 fully saturated rings. The Hall–Kier alpha value is -1.22. The fourth-order valence-electron chi connectivity index (χ4n) is 3.09. The summed E-state index contributed by atoms with van der Waals surface area (Å²) in [4.78, 5) is 15.1. The zero-order valence-corrected chi connectivity index (χ0v) is 14.5. The molecule has 1 aromatic rings. The molecule has 0 aliphatic carbocycles. The molecule has 1 N–H and O–H groups in total. The maximum atomic E-state index is 12.3. The molecular weight excluding hydrogens is 336 g/mol. The van der Waals surface area contributed by atoms with E-state index in [9.17, 15) is 13.2 Å². The van der Waals surface area contributed by atoms with Gasteiger partial charge in [-0.3, -0.25) is 4.79 Å². The first kappa shape index (κ1) is 16.6. The highest BCUT2D eigenvalue weighted by Crippen LogP contribution is 2.33. The summed E-state index contributed by atoms with van der Waals surface area (Å²) in [6, 6.07) is 3.91. The van der Waals surface area contributed by atoms with E-state index in [4.69, 9.17) is 4.74 Å². The van der Waals surface area contributed by atoms with Crippen molar-refractivity contribution in [3.8, 4) is 0 Å². The molecule has 1 amide bonds. The molecule has 8 heteroatoms. The summed E-state index contributed by atoms with van der Waals surface area (Å²) in [6.07, 6.45) is 4.59. The number of nitrogens with zero attached hydrogens (tertiary/aromatic N) is 1. The third-order valence-electron chi connectivity index (χ3n) is 4.29. The first-order valence-electron chi connectivity index (χ1n) is 7.49. The van der Waals surface area contributed by atoms with E-state index in [-0.39, 0.29) is 23.8 Å². The number of hydrogen-bond acceptors (Lipinski definition) is 5. The predicted molar refractivity (Wildman–Crippen MR) is 89.5 cm³/mol.